The standard InChI is InChI=1S/C17H18IN3O2/c1-11-9-14(18)5-8-16(11)20-12(2)17(23)21-19-10-13-3-6-15(22)7-4-13/h3-10,12,20,22H,1-2H3,(H,21,23)/b19-10+. The number of hydrazone groups is 1. The molecule has 0 aliphatic heterocycles. The summed E-state index contributed by atoms with van der Waals surface area (Å²) in [5.74, 6) is -0.0325. The number of phenolic OH excluding ortho intramolecular Hbond substituents is 1. The minimum Gasteiger partial charge on any atom is -0.508 e. The molecule has 0 fully saturated rings. The molecule has 0 radical (unpaired) electrons. The number of carbonyl (C=O) groups is 1. The Hall–Kier alpha value is -2.09. The molecule has 1 amide bonds. The fourth-order valence-corrected chi connectivity index (χ4v) is 2.56. The van der Waals surface area contributed by atoms with Crippen molar-refractivity contribution in [3.8, 4) is 5.75 Å². The predicted molar refractivity (Wildman–Crippen MR) is 101 cm³/mol. The topological polar surface area (TPSA) is 73.7 Å². The summed E-state index contributed by atoms with van der Waals surface area (Å²) < 4.78 is 1.15. The summed E-state index contributed by atoms with van der Waals surface area (Å²) in [6.45, 7) is 3.78. The number of hydrogen-bond donors (Lipinski definition) is 3. The van der Waals surface area contributed by atoms with E-state index in [1.54, 1.807) is 31.2 Å². The maximum absolute atomic E-state index is 12.0. The van der Waals surface area contributed by atoms with Gasteiger partial charge in [-0.3, -0.25) is 4.79 Å². The van der Waals surface area contributed by atoms with Crippen LogP contribution in [0.1, 0.15) is 18.1 Å². The van der Waals surface area contributed by atoms with Crippen LogP contribution < -0.4 is 10.7 Å². The normalized spacial score (nSPS) is 12.1. The largest absolute Gasteiger partial charge is 0.508 e. The highest BCUT2D eigenvalue weighted by molar-refractivity contribution is 14.1. The Bertz CT molecular complexity index is 714. The van der Waals surface area contributed by atoms with Crippen molar-refractivity contribution in [3.63, 3.8) is 0 Å². The van der Waals surface area contributed by atoms with E-state index in [0.29, 0.717) is 0 Å². The van der Waals surface area contributed by atoms with Crippen LogP contribution in [-0.4, -0.2) is 23.3 Å². The average Bonchev–Trinajstić information content (AvgIpc) is 2.51. The summed E-state index contributed by atoms with van der Waals surface area (Å²) in [6, 6.07) is 12.1. The fraction of sp³-hybridized carbons (Fsp3) is 0.176. The van der Waals surface area contributed by atoms with Gasteiger partial charge in [0.15, 0.2) is 0 Å². The number of phenols is 1. The molecule has 1 unspecified atom stereocenters. The third-order valence-electron chi connectivity index (χ3n) is 3.24. The molecule has 5 nitrogen and oxygen atoms in total. The second-order valence-corrected chi connectivity index (χ2v) is 6.40. The monoisotopic (exact) mass is 423 g/mol. The summed E-state index contributed by atoms with van der Waals surface area (Å²) in [4.78, 5) is 12.0. The van der Waals surface area contributed by atoms with Crippen molar-refractivity contribution < 1.29 is 9.90 Å². The van der Waals surface area contributed by atoms with Crippen molar-refractivity contribution in [2.75, 3.05) is 5.32 Å². The van der Waals surface area contributed by atoms with Crippen LogP contribution in [0.5, 0.6) is 5.75 Å². The van der Waals surface area contributed by atoms with Gasteiger partial charge in [-0.2, -0.15) is 5.10 Å². The number of amides is 1. The third-order valence-corrected chi connectivity index (χ3v) is 3.91. The molecule has 0 heterocycles. The van der Waals surface area contributed by atoms with Gasteiger partial charge in [-0.15, -0.1) is 0 Å². The number of halogens is 1. The van der Waals surface area contributed by atoms with Gasteiger partial charge in [0.1, 0.15) is 11.8 Å². The zero-order valence-electron chi connectivity index (χ0n) is 12.9. The van der Waals surface area contributed by atoms with Crippen LogP contribution >= 0.6 is 22.6 Å². The fourth-order valence-electron chi connectivity index (χ4n) is 1.92. The molecule has 0 saturated carbocycles. The number of anilines is 1. The van der Waals surface area contributed by atoms with E-state index in [1.807, 2.05) is 19.1 Å². The Morgan fingerprint density at radius 2 is 1.96 bits per heavy atom. The molecule has 2 rings (SSSR count). The lowest BCUT2D eigenvalue weighted by Crippen LogP contribution is -2.35. The number of nitrogens with one attached hydrogen (secondary N) is 2. The van der Waals surface area contributed by atoms with Crippen molar-refractivity contribution >= 4 is 40.4 Å². The third kappa shape index (κ3) is 5.24. The highest BCUT2D eigenvalue weighted by Gasteiger charge is 2.12. The number of aromatic hydroxyl groups is 1. The summed E-state index contributed by atoms with van der Waals surface area (Å²) in [7, 11) is 0. The molecule has 120 valence electrons. The first-order valence-corrected chi connectivity index (χ1v) is 8.18. The van der Waals surface area contributed by atoms with E-state index in [-0.39, 0.29) is 11.7 Å². The molecule has 0 spiro atoms. The molecule has 0 bridgehead atoms. The number of hydrogen-bond acceptors (Lipinski definition) is 4. The van der Waals surface area contributed by atoms with Gasteiger partial charge in [0.05, 0.1) is 6.21 Å². The summed E-state index contributed by atoms with van der Waals surface area (Å²) in [5.41, 5.74) is 5.30. The van der Waals surface area contributed by atoms with Crippen molar-refractivity contribution in [2.45, 2.75) is 19.9 Å². The molecule has 2 aromatic carbocycles. The quantitative estimate of drug-likeness (QED) is 0.393. The van der Waals surface area contributed by atoms with Gasteiger partial charge in [0.25, 0.3) is 5.91 Å². The molecule has 1 atom stereocenters. The summed E-state index contributed by atoms with van der Waals surface area (Å²) in [5, 5.41) is 16.3. The molecule has 6 heteroatoms. The van der Waals surface area contributed by atoms with Crippen LogP contribution in [0.25, 0.3) is 0 Å². The molecule has 0 aromatic heterocycles. The molecule has 2 aromatic rings. The first-order chi connectivity index (χ1) is 11.0. The number of aryl methyl sites for hydroxylation is 1. The molecular weight excluding hydrogens is 405 g/mol. The van der Waals surface area contributed by atoms with E-state index in [4.69, 9.17) is 0 Å². The maximum atomic E-state index is 12.0. The Morgan fingerprint density at radius 3 is 2.61 bits per heavy atom. The number of carbonyl (C=O) groups excluding carboxylic acids is 1. The molecule has 0 aliphatic carbocycles. The van der Waals surface area contributed by atoms with Gasteiger partial charge in [-0.05, 0) is 90.0 Å². The highest BCUT2D eigenvalue weighted by atomic mass is 127. The highest BCUT2D eigenvalue weighted by Crippen LogP contribution is 2.18. The molecule has 0 aliphatic rings. The van der Waals surface area contributed by atoms with Gasteiger partial charge in [0, 0.05) is 9.26 Å². The van der Waals surface area contributed by atoms with Gasteiger partial charge < -0.3 is 10.4 Å². The molecular formula is C17H18IN3O2. The summed E-state index contributed by atoms with van der Waals surface area (Å²) in [6.07, 6.45) is 1.53. The van der Waals surface area contributed by atoms with Crippen LogP contribution in [0.3, 0.4) is 0 Å². The van der Waals surface area contributed by atoms with Crippen molar-refractivity contribution in [1.29, 1.82) is 0 Å². The van der Waals surface area contributed by atoms with Gasteiger partial charge in [-0.1, -0.05) is 0 Å². The van der Waals surface area contributed by atoms with Crippen LogP contribution in [-0.2, 0) is 4.79 Å². The minimum absolute atomic E-state index is 0.192. The van der Waals surface area contributed by atoms with Crippen molar-refractivity contribution in [3.05, 3.63) is 57.2 Å². The van der Waals surface area contributed by atoms with E-state index in [0.717, 1.165) is 20.4 Å². The lowest BCUT2D eigenvalue weighted by Gasteiger charge is -2.15. The Morgan fingerprint density at radius 1 is 1.26 bits per heavy atom. The average molecular weight is 423 g/mol. The predicted octanol–water partition coefficient (Wildman–Crippen LogP) is 3.26. The second-order valence-electron chi connectivity index (χ2n) is 5.15. The maximum Gasteiger partial charge on any atom is 0.262 e. The second kappa shape index (κ2) is 7.96. The van der Waals surface area contributed by atoms with E-state index in [9.17, 15) is 9.90 Å². The van der Waals surface area contributed by atoms with E-state index >= 15 is 0 Å². The van der Waals surface area contributed by atoms with Crippen molar-refractivity contribution in [2.24, 2.45) is 5.10 Å². The number of nitrogens with zero attached hydrogens (tertiary/aromatic N) is 1. The van der Waals surface area contributed by atoms with Crippen LogP contribution in [0.2, 0.25) is 0 Å². The SMILES string of the molecule is Cc1cc(I)ccc1NC(C)C(=O)N/N=C/c1ccc(O)cc1. The lowest BCUT2D eigenvalue weighted by atomic mass is 10.2. The Kier molecular flexibility index (Phi) is 5.97. The summed E-state index contributed by atoms with van der Waals surface area (Å²) >= 11 is 2.25. The van der Waals surface area contributed by atoms with Crippen LogP contribution in [0.4, 0.5) is 5.69 Å². The van der Waals surface area contributed by atoms with Gasteiger partial charge in [-0.25, -0.2) is 5.43 Å². The first-order valence-electron chi connectivity index (χ1n) is 7.10. The van der Waals surface area contributed by atoms with Crippen LogP contribution in [0, 0.1) is 10.5 Å². The van der Waals surface area contributed by atoms with E-state index in [1.165, 1.54) is 6.21 Å². The Balaban J connectivity index is 1.90. The molecule has 3 N–H and O–H groups in total. The zero-order valence-corrected chi connectivity index (χ0v) is 15.0. The smallest absolute Gasteiger partial charge is 0.262 e. The van der Waals surface area contributed by atoms with E-state index < -0.39 is 6.04 Å². The van der Waals surface area contributed by atoms with Crippen LogP contribution in [0.15, 0.2) is 47.6 Å². The van der Waals surface area contributed by atoms with Gasteiger partial charge in [0.2, 0.25) is 0 Å². The molecule has 23 heavy (non-hydrogen) atoms. The van der Waals surface area contributed by atoms with Gasteiger partial charge >= 0.3 is 0 Å². The zero-order chi connectivity index (χ0) is 16.8. The Labute approximate surface area is 148 Å². The molecule has 0 saturated heterocycles. The van der Waals surface area contributed by atoms with Crippen molar-refractivity contribution in [1.82, 2.24) is 5.43 Å². The first kappa shape index (κ1) is 17.3. The number of rotatable bonds is 5. The minimum atomic E-state index is -0.411. The number of benzene rings is 2. The lowest BCUT2D eigenvalue weighted by molar-refractivity contribution is -0.121. The van der Waals surface area contributed by atoms with E-state index in [2.05, 4.69) is 44.5 Å².